The van der Waals surface area contributed by atoms with E-state index in [0.717, 1.165) is 56.1 Å². The summed E-state index contributed by atoms with van der Waals surface area (Å²) < 4.78 is 46.4. The van der Waals surface area contributed by atoms with Gasteiger partial charge in [-0.05, 0) is 0 Å². The molecule has 2 aliphatic heterocycles. The molecule has 2 rings (SSSR count). The molecule has 0 aromatic heterocycles. The minimum absolute atomic E-state index is 0.625. The van der Waals surface area contributed by atoms with Crippen molar-refractivity contribution in [1.82, 2.24) is 10.7 Å². The quantitative estimate of drug-likeness (QED) is 0.156. The Hall–Kier alpha value is -4.85. The van der Waals surface area contributed by atoms with E-state index in [4.69, 9.17) is 37.9 Å². The van der Waals surface area contributed by atoms with Crippen LogP contribution in [0.3, 0.4) is 0 Å². The molecule has 20 heteroatoms. The Labute approximate surface area is 261 Å². The van der Waals surface area contributed by atoms with Crippen molar-refractivity contribution in [1.29, 1.82) is 0 Å². The van der Waals surface area contributed by atoms with Crippen molar-refractivity contribution in [2.75, 3.05) is 35.0 Å². The zero-order chi connectivity index (χ0) is 34.9. The number of methoxy groups -OCH3 is 4. The van der Waals surface area contributed by atoms with Crippen molar-refractivity contribution in [2.24, 2.45) is 11.0 Å². The number of rotatable bonds is 12. The van der Waals surface area contributed by atoms with Crippen LogP contribution in [0.1, 0.15) is 27.7 Å². The summed E-state index contributed by atoms with van der Waals surface area (Å²) in [4.78, 5) is 101. The van der Waals surface area contributed by atoms with Crippen LogP contribution in [0.4, 0.5) is 0 Å². The molecular weight excluding hydrogens is 626 g/mol. The van der Waals surface area contributed by atoms with E-state index in [0.29, 0.717) is 0 Å². The highest BCUT2D eigenvalue weighted by molar-refractivity contribution is 6.42. The number of carbonyl (C=O) groups excluding carboxylic acids is 8. The van der Waals surface area contributed by atoms with Crippen molar-refractivity contribution >= 4 is 53.5 Å². The van der Waals surface area contributed by atoms with Gasteiger partial charge in [0.25, 0.3) is 0 Å². The van der Waals surface area contributed by atoms with E-state index in [1.54, 1.807) is 0 Å². The van der Waals surface area contributed by atoms with Crippen LogP contribution in [0.5, 0.6) is 0 Å². The molecule has 0 saturated carbocycles. The topological polar surface area (TPSA) is 256 Å². The van der Waals surface area contributed by atoms with Crippen molar-refractivity contribution in [3.63, 3.8) is 0 Å². The highest BCUT2D eigenvalue weighted by Gasteiger charge is 2.67. The maximum Gasteiger partial charge on any atom is 0.355 e. The summed E-state index contributed by atoms with van der Waals surface area (Å²) in [7, 11) is 3.71. The van der Waals surface area contributed by atoms with Crippen LogP contribution in [0.2, 0.25) is 0 Å². The van der Waals surface area contributed by atoms with E-state index in [-0.39, 0.29) is 0 Å². The Kier molecular flexibility index (Phi) is 12.9. The second-order valence-corrected chi connectivity index (χ2v) is 9.66. The van der Waals surface area contributed by atoms with Gasteiger partial charge in [-0.15, -0.1) is 0 Å². The van der Waals surface area contributed by atoms with E-state index in [1.807, 2.05) is 0 Å². The van der Waals surface area contributed by atoms with Crippen LogP contribution in [0, 0.1) is 5.92 Å². The fourth-order valence-corrected chi connectivity index (χ4v) is 4.89. The lowest BCUT2D eigenvalue weighted by atomic mass is 9.75. The number of hydrogen-bond acceptors (Lipinski definition) is 20. The summed E-state index contributed by atoms with van der Waals surface area (Å²) in [5.74, 6) is -10.7. The lowest BCUT2D eigenvalue weighted by Gasteiger charge is -2.46. The summed E-state index contributed by atoms with van der Waals surface area (Å²) in [6.07, 6.45) is -8.28. The number of hydrogen-bond donors (Lipinski definition) is 2. The summed E-state index contributed by atoms with van der Waals surface area (Å²) in [5.41, 5.74) is -1.06. The number of nitrogens with zero attached hydrogens (tertiary/aromatic N) is 1. The van der Waals surface area contributed by atoms with Crippen LogP contribution in [-0.2, 0) is 81.0 Å². The van der Waals surface area contributed by atoms with E-state index in [2.05, 4.69) is 20.6 Å². The molecule has 6 unspecified atom stereocenters. The molecule has 8 atom stereocenters. The highest BCUT2D eigenvalue weighted by Crippen LogP contribution is 2.35. The molecule has 1 fully saturated rings. The van der Waals surface area contributed by atoms with Gasteiger partial charge in [-0.2, -0.15) is 5.10 Å². The molecule has 0 radical (unpaired) electrons. The molecule has 0 amide bonds. The van der Waals surface area contributed by atoms with Crippen molar-refractivity contribution in [3.05, 3.63) is 0 Å². The summed E-state index contributed by atoms with van der Waals surface area (Å²) in [6, 6.07) is -2.12. The largest absolute Gasteiger partial charge is 0.468 e. The molecule has 0 aromatic rings. The van der Waals surface area contributed by atoms with E-state index >= 15 is 0 Å². The third-order valence-electron chi connectivity index (χ3n) is 6.66. The predicted molar refractivity (Wildman–Crippen MR) is 144 cm³/mol. The Morgan fingerprint density at radius 1 is 0.783 bits per heavy atom. The van der Waals surface area contributed by atoms with E-state index in [9.17, 15) is 38.4 Å². The standard InChI is InChI=1S/C26H35N3O17/c1-10(30)42-9-14-17(43-11(2)31)18(44-12(3)32)19(45-13(4)33)21(46-14)27-20(24(36)40-7)26(25(37)41-8)15(22(34)38-5)16(28-29-26)23(35)39-6/h14-15,17-21,27,29H,9H2,1-8H3/t14?,15?,17-,18?,19?,20?,21+,26?/m0/s1. The molecule has 2 N–H and O–H groups in total. The number of carbonyl (C=O) groups is 8. The monoisotopic (exact) mass is 661 g/mol. The first-order valence-electron chi connectivity index (χ1n) is 13.3. The van der Waals surface area contributed by atoms with Gasteiger partial charge in [-0.25, -0.2) is 9.59 Å². The second kappa shape index (κ2) is 15.9. The first kappa shape index (κ1) is 37.3. The number of nitrogens with one attached hydrogen (secondary N) is 2. The van der Waals surface area contributed by atoms with Gasteiger partial charge in [0.1, 0.15) is 24.7 Å². The Morgan fingerprint density at radius 2 is 1.35 bits per heavy atom. The molecular formula is C26H35N3O17. The average molecular weight is 662 g/mol. The summed E-state index contributed by atoms with van der Waals surface area (Å²) in [5, 5.41) is 6.37. The Balaban J connectivity index is 2.83. The fraction of sp³-hybridized carbons (Fsp3) is 0.654. The normalized spacial score (nSPS) is 27.3. The second-order valence-electron chi connectivity index (χ2n) is 9.66. The van der Waals surface area contributed by atoms with E-state index in [1.165, 1.54) is 0 Å². The van der Waals surface area contributed by atoms with Gasteiger partial charge in [0.2, 0.25) is 0 Å². The fourth-order valence-electron chi connectivity index (χ4n) is 4.89. The van der Waals surface area contributed by atoms with Crippen molar-refractivity contribution < 1.29 is 81.0 Å². The maximum atomic E-state index is 13.5. The molecule has 256 valence electrons. The third kappa shape index (κ3) is 8.05. The van der Waals surface area contributed by atoms with Crippen LogP contribution in [0.25, 0.3) is 0 Å². The summed E-state index contributed by atoms with van der Waals surface area (Å²) >= 11 is 0. The molecule has 20 nitrogen and oxygen atoms in total. The minimum atomic E-state index is -2.67. The smallest absolute Gasteiger partial charge is 0.355 e. The molecule has 2 aliphatic rings. The zero-order valence-electron chi connectivity index (χ0n) is 26.1. The van der Waals surface area contributed by atoms with Gasteiger partial charge in [-0.3, -0.25) is 39.5 Å². The van der Waals surface area contributed by atoms with E-state index < -0.39 is 108 Å². The van der Waals surface area contributed by atoms with Crippen molar-refractivity contribution in [3.8, 4) is 0 Å². The minimum Gasteiger partial charge on any atom is -0.468 e. The van der Waals surface area contributed by atoms with Crippen LogP contribution in [0.15, 0.2) is 5.10 Å². The molecule has 0 bridgehead atoms. The highest BCUT2D eigenvalue weighted by atomic mass is 16.7. The molecule has 0 spiro atoms. The van der Waals surface area contributed by atoms with Gasteiger partial charge in [0.15, 0.2) is 35.8 Å². The number of ether oxygens (including phenoxy) is 9. The molecule has 46 heavy (non-hydrogen) atoms. The van der Waals surface area contributed by atoms with Gasteiger partial charge < -0.3 is 42.6 Å². The Morgan fingerprint density at radius 3 is 1.83 bits per heavy atom. The van der Waals surface area contributed by atoms with Crippen LogP contribution < -0.4 is 10.7 Å². The van der Waals surface area contributed by atoms with Crippen molar-refractivity contribution in [2.45, 2.75) is 69.9 Å². The molecule has 0 aliphatic carbocycles. The lowest BCUT2D eigenvalue weighted by Crippen LogP contribution is -2.75. The SMILES string of the molecule is COC(=O)C1=NNC(C(=O)OC)(C(N[C@@H]2OC(COC(C)=O)[C@H](OC(C)=O)C(OC(C)=O)C2OC(C)=O)C(=O)OC)C1C(=O)OC. The first-order valence-corrected chi connectivity index (χ1v) is 13.3. The maximum absolute atomic E-state index is 13.5. The van der Waals surface area contributed by atoms with Gasteiger partial charge in [0.05, 0.1) is 28.4 Å². The molecule has 2 heterocycles. The Bertz CT molecular complexity index is 1270. The molecule has 0 aromatic carbocycles. The predicted octanol–water partition coefficient (Wildman–Crippen LogP) is -2.97. The van der Waals surface area contributed by atoms with Gasteiger partial charge in [0, 0.05) is 27.7 Å². The number of esters is 8. The van der Waals surface area contributed by atoms with Gasteiger partial charge >= 0.3 is 47.8 Å². The van der Waals surface area contributed by atoms with Crippen LogP contribution >= 0.6 is 0 Å². The summed E-state index contributed by atoms with van der Waals surface area (Å²) in [6.45, 7) is 3.43. The lowest BCUT2D eigenvalue weighted by molar-refractivity contribution is -0.259. The first-order chi connectivity index (χ1) is 21.6. The zero-order valence-corrected chi connectivity index (χ0v) is 26.1. The van der Waals surface area contributed by atoms with Crippen LogP contribution in [-0.4, -0.2) is 131 Å². The van der Waals surface area contributed by atoms with Gasteiger partial charge in [-0.1, -0.05) is 0 Å². The molecule has 1 saturated heterocycles. The number of hydrazone groups is 1. The average Bonchev–Trinajstić information content (AvgIpc) is 3.40. The third-order valence-corrected chi connectivity index (χ3v) is 6.66.